The third kappa shape index (κ3) is 7.19. The summed E-state index contributed by atoms with van der Waals surface area (Å²) >= 11 is 5.45. The van der Waals surface area contributed by atoms with Crippen LogP contribution in [0.2, 0.25) is 0 Å². The van der Waals surface area contributed by atoms with Gasteiger partial charge < -0.3 is 19.4 Å². The molecule has 0 aromatic heterocycles. The maximum Gasteiger partial charge on any atom is 0.411 e. The van der Waals surface area contributed by atoms with E-state index in [9.17, 15) is 23.1 Å². The zero-order valence-corrected chi connectivity index (χ0v) is 11.6. The van der Waals surface area contributed by atoms with Crippen LogP contribution in [0.1, 0.15) is 5.56 Å². The third-order valence-electron chi connectivity index (χ3n) is 2.40. The van der Waals surface area contributed by atoms with Gasteiger partial charge in [0.1, 0.15) is 25.1 Å². The van der Waals surface area contributed by atoms with Crippen molar-refractivity contribution in [3.8, 4) is 5.75 Å². The predicted octanol–water partition coefficient (Wildman–Crippen LogP) is 1.54. The Morgan fingerprint density at radius 2 is 1.90 bits per heavy atom. The van der Waals surface area contributed by atoms with Crippen LogP contribution < -0.4 is 9.84 Å². The van der Waals surface area contributed by atoms with E-state index in [1.54, 1.807) is 12.1 Å². The molecule has 0 aliphatic rings. The number of carbonyl (C=O) groups excluding carboxylic acids is 1. The van der Waals surface area contributed by atoms with E-state index in [1.165, 1.54) is 12.1 Å². The molecule has 1 rings (SSSR count). The molecule has 0 spiro atoms. The molecule has 0 radical (unpaired) electrons. The number of carboxylic acid groups (broad SMARTS) is 1. The Morgan fingerprint density at radius 1 is 1.29 bits per heavy atom. The number of carboxylic acids is 1. The first-order valence-electron chi connectivity index (χ1n) is 5.99. The Labute approximate surface area is 124 Å². The minimum atomic E-state index is -4.59. The van der Waals surface area contributed by atoms with Gasteiger partial charge in [-0.1, -0.05) is 12.1 Å². The fourth-order valence-electron chi connectivity index (χ4n) is 1.50. The van der Waals surface area contributed by atoms with Crippen molar-refractivity contribution < 1.29 is 32.5 Å². The van der Waals surface area contributed by atoms with Crippen LogP contribution in [0, 0.1) is 0 Å². The van der Waals surface area contributed by atoms with Crippen molar-refractivity contribution in [2.45, 2.75) is 18.7 Å². The summed E-state index contributed by atoms with van der Waals surface area (Å²) in [5.74, 6) is -0.845. The van der Waals surface area contributed by atoms with Gasteiger partial charge in [0, 0.05) is 6.42 Å². The van der Waals surface area contributed by atoms with Crippen molar-refractivity contribution in [1.82, 2.24) is 0 Å². The summed E-state index contributed by atoms with van der Waals surface area (Å²) in [6, 6.07) is 6.21. The third-order valence-corrected chi connectivity index (χ3v) is 2.56. The van der Waals surface area contributed by atoms with Crippen molar-refractivity contribution in [3.05, 3.63) is 29.8 Å². The van der Waals surface area contributed by atoms with E-state index in [4.69, 9.17) is 16.3 Å². The lowest BCUT2D eigenvalue weighted by molar-refractivity contribution is -0.319. The van der Waals surface area contributed by atoms with Gasteiger partial charge in [0.15, 0.2) is 0 Å². The van der Waals surface area contributed by atoms with Crippen molar-refractivity contribution in [1.29, 1.82) is 0 Å². The summed E-state index contributed by atoms with van der Waals surface area (Å²) < 4.78 is 45.6. The molecular formula is C13H13ClF3O4-. The molecule has 0 N–H and O–H groups in total. The predicted molar refractivity (Wildman–Crippen MR) is 67.2 cm³/mol. The molecule has 0 saturated carbocycles. The highest BCUT2D eigenvalue weighted by molar-refractivity contribution is 6.18. The lowest BCUT2D eigenvalue weighted by Crippen LogP contribution is -2.40. The van der Waals surface area contributed by atoms with E-state index in [0.717, 1.165) is 0 Å². The van der Waals surface area contributed by atoms with Crippen molar-refractivity contribution >= 4 is 17.6 Å². The maximum absolute atomic E-state index is 12.0. The van der Waals surface area contributed by atoms with E-state index in [1.807, 2.05) is 0 Å². The normalized spacial score (nSPS) is 13.0. The zero-order valence-electron chi connectivity index (χ0n) is 10.9. The van der Waals surface area contributed by atoms with Gasteiger partial charge >= 0.3 is 6.18 Å². The number of halogens is 4. The first kappa shape index (κ1) is 17.6. The Bertz CT molecular complexity index is 448. The quantitative estimate of drug-likeness (QED) is 0.680. The number of hydrogen-bond acceptors (Lipinski definition) is 4. The summed E-state index contributed by atoms with van der Waals surface area (Å²) in [7, 11) is 0. The van der Waals surface area contributed by atoms with Gasteiger partial charge in [0.2, 0.25) is 0 Å². The van der Waals surface area contributed by atoms with Crippen molar-refractivity contribution in [2.24, 2.45) is 0 Å². The number of rotatable bonds is 8. The molecule has 0 aliphatic carbocycles. The summed E-state index contributed by atoms with van der Waals surface area (Å²) in [6.07, 6.45) is -6.48. The Morgan fingerprint density at radius 3 is 2.38 bits per heavy atom. The lowest BCUT2D eigenvalue weighted by atomic mass is 10.1. The average Bonchev–Trinajstić information content (AvgIpc) is 2.41. The molecule has 1 aromatic carbocycles. The molecular weight excluding hydrogens is 313 g/mol. The van der Waals surface area contributed by atoms with E-state index in [-0.39, 0.29) is 6.42 Å². The van der Waals surface area contributed by atoms with Gasteiger partial charge in [-0.3, -0.25) is 0 Å². The van der Waals surface area contributed by atoms with Crippen molar-refractivity contribution in [3.63, 3.8) is 0 Å². The summed E-state index contributed by atoms with van der Waals surface area (Å²) in [4.78, 5) is 10.8. The standard InChI is InChI=1S/C13H14ClF3O4/c14-5-6-20-10-3-1-9(2-4-10)7-11(12(18)19)21-8-13(15,16)17/h1-4,11H,5-8H2,(H,18,19)/p-1. The average molecular weight is 326 g/mol. The van der Waals surface area contributed by atoms with Crippen LogP contribution in [0.25, 0.3) is 0 Å². The van der Waals surface area contributed by atoms with E-state index < -0.39 is 24.9 Å². The number of ether oxygens (including phenoxy) is 2. The first-order valence-corrected chi connectivity index (χ1v) is 6.52. The van der Waals surface area contributed by atoms with Crippen LogP contribution in [0.3, 0.4) is 0 Å². The van der Waals surface area contributed by atoms with Gasteiger partial charge in [0.25, 0.3) is 0 Å². The second-order valence-corrected chi connectivity index (χ2v) is 4.50. The van der Waals surface area contributed by atoms with Crippen LogP contribution in [0.15, 0.2) is 24.3 Å². The fourth-order valence-corrected chi connectivity index (χ4v) is 1.57. The molecule has 1 aromatic rings. The van der Waals surface area contributed by atoms with Gasteiger partial charge in [0.05, 0.1) is 11.8 Å². The molecule has 0 saturated heterocycles. The molecule has 4 nitrogen and oxygen atoms in total. The Hall–Kier alpha value is -1.47. The molecule has 118 valence electrons. The minimum Gasteiger partial charge on any atom is -0.547 e. The monoisotopic (exact) mass is 325 g/mol. The molecule has 0 aliphatic heterocycles. The smallest absolute Gasteiger partial charge is 0.411 e. The molecule has 0 fully saturated rings. The molecule has 1 atom stereocenters. The zero-order chi connectivity index (χ0) is 15.9. The second-order valence-electron chi connectivity index (χ2n) is 4.12. The second kappa shape index (κ2) is 8.09. The molecule has 21 heavy (non-hydrogen) atoms. The van der Waals surface area contributed by atoms with Gasteiger partial charge in [-0.25, -0.2) is 0 Å². The largest absolute Gasteiger partial charge is 0.547 e. The van der Waals surface area contributed by atoms with Gasteiger partial charge in [-0.15, -0.1) is 11.6 Å². The molecule has 0 amide bonds. The van der Waals surface area contributed by atoms with Crippen LogP contribution in [-0.4, -0.2) is 37.3 Å². The molecule has 8 heteroatoms. The summed E-state index contributed by atoms with van der Waals surface area (Å²) in [6.45, 7) is -1.32. The van der Waals surface area contributed by atoms with E-state index >= 15 is 0 Å². The van der Waals surface area contributed by atoms with Crippen LogP contribution in [0.5, 0.6) is 5.75 Å². The number of benzene rings is 1. The number of alkyl halides is 4. The highest BCUT2D eigenvalue weighted by Gasteiger charge is 2.29. The minimum absolute atomic E-state index is 0.228. The highest BCUT2D eigenvalue weighted by Crippen LogP contribution is 2.18. The first-order chi connectivity index (χ1) is 9.81. The Kier molecular flexibility index (Phi) is 6.77. The molecule has 0 heterocycles. The number of carbonyl (C=O) groups is 1. The highest BCUT2D eigenvalue weighted by atomic mass is 35.5. The molecule has 1 unspecified atom stereocenters. The maximum atomic E-state index is 12.0. The fraction of sp³-hybridized carbons (Fsp3) is 0.462. The van der Waals surface area contributed by atoms with Gasteiger partial charge in [-0.05, 0) is 17.7 Å². The number of hydrogen-bond donors (Lipinski definition) is 0. The van der Waals surface area contributed by atoms with Crippen molar-refractivity contribution in [2.75, 3.05) is 19.1 Å². The summed E-state index contributed by atoms with van der Waals surface area (Å²) in [5.41, 5.74) is 0.490. The van der Waals surface area contributed by atoms with E-state index in [0.29, 0.717) is 23.8 Å². The Balaban J connectivity index is 2.60. The van der Waals surface area contributed by atoms with E-state index in [2.05, 4.69) is 4.74 Å². The van der Waals surface area contributed by atoms with Crippen LogP contribution >= 0.6 is 11.6 Å². The topological polar surface area (TPSA) is 58.6 Å². The van der Waals surface area contributed by atoms with Crippen LogP contribution in [-0.2, 0) is 16.0 Å². The lowest BCUT2D eigenvalue weighted by Gasteiger charge is -2.20. The van der Waals surface area contributed by atoms with Crippen LogP contribution in [0.4, 0.5) is 13.2 Å². The number of aliphatic carboxylic acids is 1. The van der Waals surface area contributed by atoms with Gasteiger partial charge in [-0.2, -0.15) is 13.2 Å². The SMILES string of the molecule is O=C([O-])C(Cc1ccc(OCCCl)cc1)OCC(F)(F)F. The summed E-state index contributed by atoms with van der Waals surface area (Å²) in [5, 5.41) is 10.8. The molecule has 0 bridgehead atoms.